The van der Waals surface area contributed by atoms with Crippen molar-refractivity contribution in [3.63, 3.8) is 0 Å². The lowest BCUT2D eigenvalue weighted by Gasteiger charge is -2.29. The summed E-state index contributed by atoms with van der Waals surface area (Å²) in [6, 6.07) is 38.0. The molecule has 1 heterocycles. The molecule has 0 radical (unpaired) electrons. The van der Waals surface area contributed by atoms with Crippen LogP contribution < -0.4 is 9.91 Å². The van der Waals surface area contributed by atoms with Gasteiger partial charge in [0.2, 0.25) is 0 Å². The zero-order chi connectivity index (χ0) is 22.0. The number of hydrogen-bond donors (Lipinski definition) is 0. The third kappa shape index (κ3) is 3.90. The maximum atomic E-state index is 4.87. The molecule has 0 unspecified atom stereocenters. The van der Waals surface area contributed by atoms with Gasteiger partial charge in [-0.25, -0.2) is 0 Å². The van der Waals surface area contributed by atoms with Gasteiger partial charge >= 0.3 is 0 Å². The Kier molecular flexibility index (Phi) is 5.24. The van der Waals surface area contributed by atoms with Crippen LogP contribution in [0.3, 0.4) is 0 Å². The van der Waals surface area contributed by atoms with Crippen LogP contribution in [-0.4, -0.2) is 11.8 Å². The smallest absolute Gasteiger partial charge is 0.0633 e. The normalized spacial score (nSPS) is 14.5. The molecule has 0 fully saturated rings. The van der Waals surface area contributed by atoms with Crippen LogP contribution in [0.25, 0.3) is 0 Å². The fraction of sp³-hybridized carbons (Fsp3) is 0.138. The maximum Gasteiger partial charge on any atom is 0.0633 e. The number of hydrazone groups is 1. The highest BCUT2D eigenvalue weighted by atomic mass is 15.5. The van der Waals surface area contributed by atoms with E-state index in [9.17, 15) is 0 Å². The standard InChI is InChI=1S/C29H27N3/c1-29(2)21-24-11-9-10-16-28(24)32(29)30-22-23-17-19-27(20-18-23)31(25-12-5-3-6-13-25)26-14-7-4-8-15-26/h3-20,22H,21H2,1-2H3/b30-22+. The van der Waals surface area contributed by atoms with Crippen molar-refractivity contribution in [2.24, 2.45) is 5.10 Å². The van der Waals surface area contributed by atoms with Crippen LogP contribution in [-0.2, 0) is 6.42 Å². The quantitative estimate of drug-likeness (QED) is 0.317. The molecule has 1 aliphatic heterocycles. The number of nitrogens with zero attached hydrogens (tertiary/aromatic N) is 3. The highest BCUT2D eigenvalue weighted by Gasteiger charge is 2.35. The molecule has 0 atom stereocenters. The summed E-state index contributed by atoms with van der Waals surface area (Å²) in [6.45, 7) is 4.48. The van der Waals surface area contributed by atoms with Gasteiger partial charge in [-0.15, -0.1) is 0 Å². The van der Waals surface area contributed by atoms with E-state index >= 15 is 0 Å². The number of para-hydroxylation sites is 3. The highest BCUT2D eigenvalue weighted by molar-refractivity contribution is 5.83. The van der Waals surface area contributed by atoms with E-state index in [0.29, 0.717) is 0 Å². The molecule has 4 aromatic rings. The Hall–Kier alpha value is -3.85. The topological polar surface area (TPSA) is 18.8 Å². The van der Waals surface area contributed by atoms with Gasteiger partial charge in [-0.05, 0) is 73.9 Å². The average Bonchev–Trinajstić information content (AvgIpc) is 3.09. The molecule has 0 bridgehead atoms. The highest BCUT2D eigenvalue weighted by Crippen LogP contribution is 2.38. The lowest BCUT2D eigenvalue weighted by molar-refractivity contribution is 0.498. The van der Waals surface area contributed by atoms with Gasteiger partial charge in [0.1, 0.15) is 0 Å². The summed E-state index contributed by atoms with van der Waals surface area (Å²) in [5, 5.41) is 7.02. The first-order chi connectivity index (χ1) is 15.6. The van der Waals surface area contributed by atoms with E-state index in [1.54, 1.807) is 0 Å². The Morgan fingerprint density at radius 3 is 1.84 bits per heavy atom. The second-order valence-corrected chi connectivity index (χ2v) is 8.77. The molecule has 1 aliphatic rings. The first kappa shape index (κ1) is 20.1. The van der Waals surface area contributed by atoms with E-state index in [0.717, 1.165) is 29.0 Å². The predicted octanol–water partition coefficient (Wildman–Crippen LogP) is 7.33. The minimum Gasteiger partial charge on any atom is -0.311 e. The summed E-state index contributed by atoms with van der Waals surface area (Å²) in [5.74, 6) is 0. The molecule has 0 spiro atoms. The lowest BCUT2D eigenvalue weighted by Crippen LogP contribution is -2.37. The molecular weight excluding hydrogens is 390 g/mol. The number of benzene rings is 4. The molecule has 0 amide bonds. The third-order valence-corrected chi connectivity index (χ3v) is 5.92. The predicted molar refractivity (Wildman–Crippen MR) is 135 cm³/mol. The first-order valence-electron chi connectivity index (χ1n) is 11.0. The summed E-state index contributed by atoms with van der Waals surface area (Å²) in [6.07, 6.45) is 2.96. The van der Waals surface area contributed by atoms with Crippen LogP contribution in [0.4, 0.5) is 22.7 Å². The van der Waals surface area contributed by atoms with Gasteiger partial charge in [-0.2, -0.15) is 5.10 Å². The van der Waals surface area contributed by atoms with Gasteiger partial charge in [-0.1, -0.05) is 66.7 Å². The van der Waals surface area contributed by atoms with Crippen molar-refractivity contribution in [2.45, 2.75) is 25.8 Å². The fourth-order valence-electron chi connectivity index (χ4n) is 4.39. The number of rotatable bonds is 5. The molecule has 0 aliphatic carbocycles. The Morgan fingerprint density at radius 1 is 0.688 bits per heavy atom. The van der Waals surface area contributed by atoms with Gasteiger partial charge < -0.3 is 4.90 Å². The van der Waals surface area contributed by atoms with Gasteiger partial charge in [-0.3, -0.25) is 5.01 Å². The molecule has 0 N–H and O–H groups in total. The van der Waals surface area contributed by atoms with E-state index in [2.05, 4.69) is 121 Å². The van der Waals surface area contributed by atoms with Gasteiger partial charge in [0.25, 0.3) is 0 Å². The molecule has 0 aromatic heterocycles. The van der Waals surface area contributed by atoms with Crippen molar-refractivity contribution in [1.82, 2.24) is 0 Å². The largest absolute Gasteiger partial charge is 0.311 e. The van der Waals surface area contributed by atoms with Crippen molar-refractivity contribution < 1.29 is 0 Å². The molecule has 5 rings (SSSR count). The van der Waals surface area contributed by atoms with Crippen LogP contribution >= 0.6 is 0 Å². The average molecular weight is 418 g/mol. The first-order valence-corrected chi connectivity index (χ1v) is 11.0. The minimum atomic E-state index is -0.0302. The SMILES string of the molecule is CC1(C)Cc2ccccc2N1/N=C/c1ccc(N(c2ccccc2)c2ccccc2)cc1. The minimum absolute atomic E-state index is 0.0302. The van der Waals surface area contributed by atoms with Crippen molar-refractivity contribution >= 4 is 29.0 Å². The molecule has 0 saturated carbocycles. The van der Waals surface area contributed by atoms with Gasteiger partial charge in [0.05, 0.1) is 17.4 Å². The van der Waals surface area contributed by atoms with Crippen molar-refractivity contribution in [1.29, 1.82) is 0 Å². The van der Waals surface area contributed by atoms with Gasteiger partial charge in [0, 0.05) is 17.1 Å². The molecule has 158 valence electrons. The molecule has 3 heteroatoms. The zero-order valence-corrected chi connectivity index (χ0v) is 18.5. The van der Waals surface area contributed by atoms with Crippen LogP contribution in [0.15, 0.2) is 114 Å². The summed E-state index contributed by atoms with van der Waals surface area (Å²) in [5.41, 5.74) is 6.99. The fourth-order valence-corrected chi connectivity index (χ4v) is 4.39. The van der Waals surface area contributed by atoms with E-state index in [4.69, 9.17) is 5.10 Å². The Labute approximate surface area is 190 Å². The summed E-state index contributed by atoms with van der Waals surface area (Å²) in [7, 11) is 0. The number of anilines is 4. The molecular formula is C29H27N3. The van der Waals surface area contributed by atoms with Crippen LogP contribution in [0.5, 0.6) is 0 Å². The summed E-state index contributed by atoms with van der Waals surface area (Å²) >= 11 is 0. The number of fused-ring (bicyclic) bond motifs is 1. The molecule has 3 nitrogen and oxygen atoms in total. The van der Waals surface area contributed by atoms with E-state index in [-0.39, 0.29) is 5.54 Å². The molecule has 0 saturated heterocycles. The maximum absolute atomic E-state index is 4.87. The third-order valence-electron chi connectivity index (χ3n) is 5.92. The lowest BCUT2D eigenvalue weighted by atomic mass is 10.0. The Balaban J connectivity index is 1.43. The molecule has 4 aromatic carbocycles. The summed E-state index contributed by atoms with van der Waals surface area (Å²) < 4.78 is 0. The van der Waals surface area contributed by atoms with Gasteiger partial charge in [0.15, 0.2) is 0 Å². The van der Waals surface area contributed by atoms with E-state index < -0.39 is 0 Å². The Bertz CT molecular complexity index is 1170. The summed E-state index contributed by atoms with van der Waals surface area (Å²) in [4.78, 5) is 2.26. The van der Waals surface area contributed by atoms with Crippen LogP contribution in [0.2, 0.25) is 0 Å². The van der Waals surface area contributed by atoms with Crippen molar-refractivity contribution in [2.75, 3.05) is 9.91 Å². The van der Waals surface area contributed by atoms with Crippen LogP contribution in [0, 0.1) is 0 Å². The molecule has 32 heavy (non-hydrogen) atoms. The second kappa shape index (κ2) is 8.35. The van der Waals surface area contributed by atoms with Crippen molar-refractivity contribution in [3.05, 3.63) is 120 Å². The zero-order valence-electron chi connectivity index (χ0n) is 18.5. The monoisotopic (exact) mass is 417 g/mol. The van der Waals surface area contributed by atoms with Crippen LogP contribution in [0.1, 0.15) is 25.0 Å². The van der Waals surface area contributed by atoms with Crippen molar-refractivity contribution in [3.8, 4) is 0 Å². The van der Waals surface area contributed by atoms with E-state index in [1.165, 1.54) is 11.3 Å². The second-order valence-electron chi connectivity index (χ2n) is 8.77. The Morgan fingerprint density at radius 2 is 1.22 bits per heavy atom. The van der Waals surface area contributed by atoms with E-state index in [1.807, 2.05) is 18.3 Å². The number of hydrogen-bond acceptors (Lipinski definition) is 3.